The normalized spacial score (nSPS) is 20.1. The molecule has 1 atom stereocenters. The van der Waals surface area contributed by atoms with Crippen molar-refractivity contribution in [2.45, 2.75) is 32.9 Å². The molecule has 0 aliphatic carbocycles. The Kier molecular flexibility index (Phi) is 5.43. The van der Waals surface area contributed by atoms with E-state index in [0.717, 1.165) is 44.4 Å². The third-order valence-corrected chi connectivity index (χ3v) is 3.69. The van der Waals surface area contributed by atoms with Gasteiger partial charge in [-0.3, -0.25) is 4.90 Å². The SMILES string of the molecule is CNCc1cc(CN(C)CC2CCCOC2)oc1C. The third-order valence-electron chi connectivity index (χ3n) is 3.69. The molecule has 1 fully saturated rings. The number of rotatable bonds is 6. The summed E-state index contributed by atoms with van der Waals surface area (Å²) in [5.74, 6) is 2.76. The first-order valence-corrected chi connectivity index (χ1v) is 7.18. The van der Waals surface area contributed by atoms with Crippen molar-refractivity contribution >= 4 is 0 Å². The van der Waals surface area contributed by atoms with Gasteiger partial charge in [0.05, 0.1) is 13.2 Å². The fraction of sp³-hybridized carbons (Fsp3) is 0.733. The maximum Gasteiger partial charge on any atom is 0.118 e. The molecule has 0 aromatic carbocycles. The number of nitrogens with one attached hydrogen (secondary N) is 1. The van der Waals surface area contributed by atoms with Crippen molar-refractivity contribution in [1.29, 1.82) is 0 Å². The standard InChI is InChI=1S/C15H26N2O2/c1-12-14(8-16-2)7-15(19-12)10-17(3)9-13-5-4-6-18-11-13/h7,13,16H,4-6,8-11H2,1-3H3. The molecule has 0 radical (unpaired) electrons. The Morgan fingerprint density at radius 1 is 1.47 bits per heavy atom. The Bertz CT molecular complexity index is 383. The van der Waals surface area contributed by atoms with E-state index in [4.69, 9.17) is 9.15 Å². The predicted octanol–water partition coefficient (Wildman–Crippen LogP) is 2.17. The molecule has 1 saturated heterocycles. The maximum atomic E-state index is 5.81. The highest BCUT2D eigenvalue weighted by Crippen LogP contribution is 2.18. The lowest BCUT2D eigenvalue weighted by atomic mass is 10.0. The number of nitrogens with zero attached hydrogens (tertiary/aromatic N) is 1. The van der Waals surface area contributed by atoms with Gasteiger partial charge < -0.3 is 14.5 Å². The molecule has 0 saturated carbocycles. The number of aryl methyl sites for hydroxylation is 1. The molecule has 1 N–H and O–H groups in total. The zero-order valence-electron chi connectivity index (χ0n) is 12.4. The Morgan fingerprint density at radius 3 is 3.00 bits per heavy atom. The molecule has 0 spiro atoms. The molecule has 4 heteroatoms. The van der Waals surface area contributed by atoms with Gasteiger partial charge in [0.25, 0.3) is 0 Å². The van der Waals surface area contributed by atoms with Crippen LogP contribution in [0.3, 0.4) is 0 Å². The Hall–Kier alpha value is -0.840. The van der Waals surface area contributed by atoms with E-state index in [-0.39, 0.29) is 0 Å². The van der Waals surface area contributed by atoms with E-state index in [2.05, 4.69) is 23.3 Å². The van der Waals surface area contributed by atoms with Crippen LogP contribution in [0, 0.1) is 12.8 Å². The van der Waals surface area contributed by atoms with Gasteiger partial charge in [-0.25, -0.2) is 0 Å². The molecule has 1 aliphatic rings. The van der Waals surface area contributed by atoms with Crippen LogP contribution in [0.25, 0.3) is 0 Å². The van der Waals surface area contributed by atoms with Gasteiger partial charge in [-0.1, -0.05) is 0 Å². The lowest BCUT2D eigenvalue weighted by Gasteiger charge is -2.26. The molecule has 2 rings (SSSR count). The summed E-state index contributed by atoms with van der Waals surface area (Å²) >= 11 is 0. The largest absolute Gasteiger partial charge is 0.465 e. The summed E-state index contributed by atoms with van der Waals surface area (Å²) in [4.78, 5) is 2.33. The topological polar surface area (TPSA) is 37.6 Å². The van der Waals surface area contributed by atoms with Crippen LogP contribution in [-0.2, 0) is 17.8 Å². The minimum atomic E-state index is 0.673. The van der Waals surface area contributed by atoms with Gasteiger partial charge in [0, 0.05) is 25.3 Å². The average Bonchev–Trinajstić information content (AvgIpc) is 2.71. The molecule has 2 heterocycles. The zero-order valence-corrected chi connectivity index (χ0v) is 12.4. The number of hydrogen-bond donors (Lipinski definition) is 1. The second-order valence-corrected chi connectivity index (χ2v) is 5.60. The molecule has 19 heavy (non-hydrogen) atoms. The number of hydrogen-bond acceptors (Lipinski definition) is 4. The van der Waals surface area contributed by atoms with Gasteiger partial charge in [-0.05, 0) is 45.8 Å². The predicted molar refractivity (Wildman–Crippen MR) is 76.1 cm³/mol. The fourth-order valence-corrected chi connectivity index (χ4v) is 2.75. The lowest BCUT2D eigenvalue weighted by Crippen LogP contribution is -2.30. The van der Waals surface area contributed by atoms with Crippen molar-refractivity contribution in [3.8, 4) is 0 Å². The van der Waals surface area contributed by atoms with Crippen molar-refractivity contribution < 1.29 is 9.15 Å². The first-order valence-electron chi connectivity index (χ1n) is 7.18. The summed E-state index contributed by atoms with van der Waals surface area (Å²) in [6, 6.07) is 2.17. The fourth-order valence-electron chi connectivity index (χ4n) is 2.75. The van der Waals surface area contributed by atoms with Gasteiger partial charge in [-0.2, -0.15) is 0 Å². The van der Waals surface area contributed by atoms with E-state index in [1.54, 1.807) is 0 Å². The quantitative estimate of drug-likeness (QED) is 0.856. The molecule has 108 valence electrons. The van der Waals surface area contributed by atoms with Crippen molar-refractivity contribution in [3.63, 3.8) is 0 Å². The average molecular weight is 266 g/mol. The molecule has 1 aromatic rings. The molecule has 0 bridgehead atoms. The molecule has 1 aromatic heterocycles. The van der Waals surface area contributed by atoms with Gasteiger partial charge in [0.1, 0.15) is 11.5 Å². The maximum absolute atomic E-state index is 5.81. The molecule has 1 unspecified atom stereocenters. The highest BCUT2D eigenvalue weighted by atomic mass is 16.5. The van der Waals surface area contributed by atoms with Crippen LogP contribution in [0.15, 0.2) is 10.5 Å². The monoisotopic (exact) mass is 266 g/mol. The van der Waals surface area contributed by atoms with E-state index in [1.165, 1.54) is 18.4 Å². The first kappa shape index (κ1) is 14.6. The minimum absolute atomic E-state index is 0.673. The van der Waals surface area contributed by atoms with Gasteiger partial charge in [-0.15, -0.1) is 0 Å². The van der Waals surface area contributed by atoms with Crippen molar-refractivity contribution in [1.82, 2.24) is 10.2 Å². The molecular weight excluding hydrogens is 240 g/mol. The zero-order chi connectivity index (χ0) is 13.7. The summed E-state index contributed by atoms with van der Waals surface area (Å²) in [7, 11) is 4.12. The second kappa shape index (κ2) is 7.08. The third kappa shape index (κ3) is 4.34. The second-order valence-electron chi connectivity index (χ2n) is 5.60. The van der Waals surface area contributed by atoms with E-state index in [1.807, 2.05) is 14.0 Å². The Labute approximate surface area is 116 Å². The van der Waals surface area contributed by atoms with Crippen molar-refractivity contribution in [2.75, 3.05) is 33.9 Å². The van der Waals surface area contributed by atoms with Crippen LogP contribution >= 0.6 is 0 Å². The summed E-state index contributed by atoms with van der Waals surface area (Å²) in [5.41, 5.74) is 1.26. The highest BCUT2D eigenvalue weighted by molar-refractivity contribution is 5.20. The van der Waals surface area contributed by atoms with Gasteiger partial charge in [0.15, 0.2) is 0 Å². The lowest BCUT2D eigenvalue weighted by molar-refractivity contribution is 0.0403. The van der Waals surface area contributed by atoms with Crippen LogP contribution in [0.5, 0.6) is 0 Å². The Balaban J connectivity index is 1.83. The molecule has 4 nitrogen and oxygen atoms in total. The molecule has 0 amide bonds. The van der Waals surface area contributed by atoms with Crippen LogP contribution in [0.4, 0.5) is 0 Å². The van der Waals surface area contributed by atoms with Gasteiger partial charge in [0.2, 0.25) is 0 Å². The number of ether oxygens (including phenoxy) is 1. The summed E-state index contributed by atoms with van der Waals surface area (Å²) < 4.78 is 11.3. The van der Waals surface area contributed by atoms with E-state index < -0.39 is 0 Å². The molecule has 1 aliphatic heterocycles. The smallest absolute Gasteiger partial charge is 0.118 e. The van der Waals surface area contributed by atoms with Gasteiger partial charge >= 0.3 is 0 Å². The van der Waals surface area contributed by atoms with E-state index >= 15 is 0 Å². The van der Waals surface area contributed by atoms with Crippen LogP contribution in [0.1, 0.15) is 29.9 Å². The number of furan rings is 1. The van der Waals surface area contributed by atoms with Crippen LogP contribution < -0.4 is 5.32 Å². The minimum Gasteiger partial charge on any atom is -0.465 e. The van der Waals surface area contributed by atoms with Crippen molar-refractivity contribution in [2.24, 2.45) is 5.92 Å². The first-order chi connectivity index (χ1) is 9.19. The van der Waals surface area contributed by atoms with Crippen LogP contribution in [-0.4, -0.2) is 38.8 Å². The summed E-state index contributed by atoms with van der Waals surface area (Å²) in [6.07, 6.45) is 2.48. The van der Waals surface area contributed by atoms with E-state index in [9.17, 15) is 0 Å². The summed E-state index contributed by atoms with van der Waals surface area (Å²) in [5, 5.41) is 3.17. The summed E-state index contributed by atoms with van der Waals surface area (Å²) in [6.45, 7) is 6.71. The highest BCUT2D eigenvalue weighted by Gasteiger charge is 2.17. The van der Waals surface area contributed by atoms with Crippen LogP contribution in [0.2, 0.25) is 0 Å². The van der Waals surface area contributed by atoms with E-state index in [0.29, 0.717) is 5.92 Å². The Morgan fingerprint density at radius 2 is 2.32 bits per heavy atom. The molecular formula is C15H26N2O2. The van der Waals surface area contributed by atoms with Crippen molar-refractivity contribution in [3.05, 3.63) is 23.2 Å².